The zero-order valence-corrected chi connectivity index (χ0v) is 22.9. The lowest BCUT2D eigenvalue weighted by Crippen LogP contribution is -2.57. The third kappa shape index (κ3) is 4.80. The molecule has 2 unspecified atom stereocenters. The molecule has 2 bridgehead atoms. The van der Waals surface area contributed by atoms with E-state index in [0.29, 0.717) is 30.9 Å². The summed E-state index contributed by atoms with van der Waals surface area (Å²) in [6.07, 6.45) is 5.75. The monoisotopic (exact) mass is 541 g/mol. The summed E-state index contributed by atoms with van der Waals surface area (Å²) in [5, 5.41) is 19.9. The van der Waals surface area contributed by atoms with E-state index in [9.17, 15) is 14.8 Å². The molecular weight excluding hydrogens is 504 g/mol. The number of amides is 1. The second kappa shape index (κ2) is 9.74. The van der Waals surface area contributed by atoms with Gasteiger partial charge in [-0.1, -0.05) is 6.07 Å². The molecule has 4 saturated heterocycles. The topological polar surface area (TPSA) is 111 Å². The number of carbonyl (C=O) groups excluding carboxylic acids is 1. The van der Waals surface area contributed by atoms with Crippen molar-refractivity contribution in [1.29, 1.82) is 0 Å². The van der Waals surface area contributed by atoms with E-state index < -0.39 is 18.5 Å². The fraction of sp³-hybridized carbons (Fsp3) is 0.667. The molecule has 4 fully saturated rings. The molecule has 2 aromatic rings. The number of rotatable bonds is 5. The third-order valence-electron chi connectivity index (χ3n) is 8.74. The standard InChI is InChI=1S/C27H37BFN5O5/c1-26(2,3)39-25(35)34-17-6-7-18(34)15-32(14-17)23-19-8-9-20(28(36)37)21(29)22(19)30-24(31-23)38-16-27-10-4-12-33(27)13-5-11-27/h8-9,17-18,36-37H,4-7,10-16H2,1-3H3. The smallest absolute Gasteiger partial charge is 0.461 e. The van der Waals surface area contributed by atoms with Crippen molar-refractivity contribution in [3.63, 3.8) is 0 Å². The van der Waals surface area contributed by atoms with Gasteiger partial charge in [-0.25, -0.2) is 9.18 Å². The predicted octanol–water partition coefficient (Wildman–Crippen LogP) is 2.04. The van der Waals surface area contributed by atoms with Gasteiger partial charge in [0.25, 0.3) is 0 Å². The molecule has 12 heteroatoms. The number of ether oxygens (including phenoxy) is 2. The molecule has 2 N–H and O–H groups in total. The maximum Gasteiger partial charge on any atom is 0.491 e. The van der Waals surface area contributed by atoms with Gasteiger partial charge in [-0.15, -0.1) is 0 Å². The quantitative estimate of drug-likeness (QED) is 0.550. The van der Waals surface area contributed by atoms with E-state index in [1.54, 1.807) is 6.07 Å². The van der Waals surface area contributed by atoms with Crippen molar-refractivity contribution in [1.82, 2.24) is 19.8 Å². The highest BCUT2D eigenvalue weighted by Gasteiger charge is 2.46. The van der Waals surface area contributed by atoms with Gasteiger partial charge >= 0.3 is 19.2 Å². The molecule has 0 radical (unpaired) electrons. The summed E-state index contributed by atoms with van der Waals surface area (Å²) in [6.45, 7) is 9.17. The first-order valence-electron chi connectivity index (χ1n) is 14.1. The first-order chi connectivity index (χ1) is 18.5. The van der Waals surface area contributed by atoms with Gasteiger partial charge in [0.15, 0.2) is 0 Å². The van der Waals surface area contributed by atoms with Crippen LogP contribution in [0.5, 0.6) is 6.01 Å². The Kier molecular flexibility index (Phi) is 6.63. The summed E-state index contributed by atoms with van der Waals surface area (Å²) in [6, 6.07) is 2.95. The predicted molar refractivity (Wildman–Crippen MR) is 145 cm³/mol. The van der Waals surface area contributed by atoms with Crippen LogP contribution in [0.2, 0.25) is 0 Å². The first-order valence-corrected chi connectivity index (χ1v) is 14.1. The molecule has 1 aromatic heterocycles. The van der Waals surface area contributed by atoms with Gasteiger partial charge in [-0.3, -0.25) is 9.80 Å². The van der Waals surface area contributed by atoms with Crippen LogP contribution in [0.1, 0.15) is 59.3 Å². The summed E-state index contributed by atoms with van der Waals surface area (Å²) >= 11 is 0. The van der Waals surface area contributed by atoms with Crippen molar-refractivity contribution in [2.45, 2.75) is 82.5 Å². The number of hydrogen-bond acceptors (Lipinski definition) is 9. The number of aromatic nitrogens is 2. The van der Waals surface area contributed by atoms with Gasteiger partial charge < -0.3 is 24.4 Å². The number of nitrogens with zero attached hydrogens (tertiary/aromatic N) is 5. The van der Waals surface area contributed by atoms with Crippen LogP contribution in [-0.4, -0.2) is 99.0 Å². The van der Waals surface area contributed by atoms with Gasteiger partial charge in [0.2, 0.25) is 0 Å². The molecule has 210 valence electrons. The van der Waals surface area contributed by atoms with Crippen molar-refractivity contribution < 1.29 is 28.7 Å². The van der Waals surface area contributed by atoms with Crippen molar-refractivity contribution >= 4 is 35.4 Å². The summed E-state index contributed by atoms with van der Waals surface area (Å²) in [7, 11) is -1.96. The fourth-order valence-corrected chi connectivity index (χ4v) is 6.99. The summed E-state index contributed by atoms with van der Waals surface area (Å²) in [4.78, 5) is 28.6. The fourth-order valence-electron chi connectivity index (χ4n) is 6.99. The number of anilines is 1. The van der Waals surface area contributed by atoms with E-state index in [-0.39, 0.29) is 40.7 Å². The second-order valence-electron chi connectivity index (χ2n) is 12.5. The number of carbonyl (C=O) groups is 1. The average Bonchev–Trinajstić information content (AvgIpc) is 3.52. The van der Waals surface area contributed by atoms with Gasteiger partial charge in [0, 0.05) is 23.9 Å². The van der Waals surface area contributed by atoms with Crippen LogP contribution >= 0.6 is 0 Å². The zero-order valence-electron chi connectivity index (χ0n) is 22.9. The van der Waals surface area contributed by atoms with Crippen molar-refractivity contribution in [2.24, 2.45) is 0 Å². The van der Waals surface area contributed by atoms with E-state index in [1.807, 2.05) is 25.7 Å². The lowest BCUT2D eigenvalue weighted by Gasteiger charge is -2.42. The van der Waals surface area contributed by atoms with E-state index >= 15 is 4.39 Å². The maximum atomic E-state index is 15.5. The Morgan fingerprint density at radius 3 is 2.41 bits per heavy atom. The highest BCUT2D eigenvalue weighted by atomic mass is 19.1. The number of halogens is 1. The van der Waals surface area contributed by atoms with Crippen LogP contribution in [0.15, 0.2) is 12.1 Å². The van der Waals surface area contributed by atoms with Crippen molar-refractivity contribution in [3.05, 3.63) is 17.9 Å². The minimum Gasteiger partial charge on any atom is -0.461 e. The van der Waals surface area contributed by atoms with Crippen LogP contribution in [0.3, 0.4) is 0 Å². The molecule has 1 aromatic carbocycles. The Morgan fingerprint density at radius 2 is 1.79 bits per heavy atom. The molecule has 39 heavy (non-hydrogen) atoms. The zero-order chi connectivity index (χ0) is 27.5. The molecule has 0 saturated carbocycles. The Bertz CT molecular complexity index is 1250. The number of piperazine rings is 1. The maximum absolute atomic E-state index is 15.5. The van der Waals surface area contributed by atoms with E-state index in [1.165, 1.54) is 6.07 Å². The first kappa shape index (κ1) is 26.5. The third-order valence-corrected chi connectivity index (χ3v) is 8.74. The van der Waals surface area contributed by atoms with Gasteiger partial charge in [0.1, 0.15) is 29.4 Å². The average molecular weight is 541 g/mol. The molecule has 0 aliphatic carbocycles. The van der Waals surface area contributed by atoms with E-state index in [4.69, 9.17) is 14.5 Å². The molecule has 0 spiro atoms. The molecule has 1 amide bonds. The SMILES string of the molecule is CC(C)(C)OC(=O)N1C2CCC1CN(c1nc(OCC34CCCN3CCC4)nc3c(F)c(B(O)O)ccc13)C2. The van der Waals surface area contributed by atoms with Crippen LogP contribution in [0.25, 0.3) is 10.9 Å². The second-order valence-corrected chi connectivity index (χ2v) is 12.5. The number of hydrogen-bond donors (Lipinski definition) is 2. The normalized spacial score (nSPS) is 24.4. The van der Waals surface area contributed by atoms with Gasteiger partial charge in [0.05, 0.1) is 17.6 Å². The largest absolute Gasteiger partial charge is 0.491 e. The van der Waals surface area contributed by atoms with E-state index in [0.717, 1.165) is 51.6 Å². The molecule has 4 aliphatic rings. The van der Waals surface area contributed by atoms with Crippen LogP contribution in [0, 0.1) is 5.82 Å². The number of benzene rings is 1. The molecule has 10 nitrogen and oxygen atoms in total. The Labute approximate surface area is 228 Å². The van der Waals surface area contributed by atoms with Crippen molar-refractivity contribution in [3.8, 4) is 6.01 Å². The Morgan fingerprint density at radius 1 is 1.13 bits per heavy atom. The lowest BCUT2D eigenvalue weighted by atomic mass is 9.79. The summed E-state index contributed by atoms with van der Waals surface area (Å²) in [5.74, 6) is -0.270. The Balaban J connectivity index is 1.33. The van der Waals surface area contributed by atoms with Crippen molar-refractivity contribution in [2.75, 3.05) is 37.7 Å². The minimum absolute atomic E-state index is 0.00489. The summed E-state index contributed by atoms with van der Waals surface area (Å²) in [5.41, 5.74) is -0.861. The highest BCUT2D eigenvalue weighted by molar-refractivity contribution is 6.59. The van der Waals surface area contributed by atoms with Gasteiger partial charge in [-0.2, -0.15) is 9.97 Å². The number of fused-ring (bicyclic) bond motifs is 4. The highest BCUT2D eigenvalue weighted by Crippen LogP contribution is 2.40. The van der Waals surface area contributed by atoms with Crippen LogP contribution in [0.4, 0.5) is 15.0 Å². The minimum atomic E-state index is -1.96. The molecule has 4 aliphatic heterocycles. The van der Waals surface area contributed by atoms with Crippen LogP contribution < -0.4 is 15.1 Å². The molecular formula is C27H37BFN5O5. The Hall–Kier alpha value is -2.70. The lowest BCUT2D eigenvalue weighted by molar-refractivity contribution is 0.0122. The van der Waals surface area contributed by atoms with Gasteiger partial charge in [-0.05, 0) is 78.5 Å². The van der Waals surface area contributed by atoms with Crippen LogP contribution in [-0.2, 0) is 4.74 Å². The summed E-state index contributed by atoms with van der Waals surface area (Å²) < 4.78 is 27.4. The molecule has 2 atom stereocenters. The van der Waals surface area contributed by atoms with E-state index in [2.05, 4.69) is 14.8 Å². The molecule has 5 heterocycles. The molecule has 6 rings (SSSR count).